The van der Waals surface area contributed by atoms with E-state index in [2.05, 4.69) is 9.80 Å². The average Bonchev–Trinajstić information content (AvgIpc) is 3.55. The van der Waals surface area contributed by atoms with Gasteiger partial charge >= 0.3 is 0 Å². The van der Waals surface area contributed by atoms with Gasteiger partial charge in [-0.25, -0.2) is 17.5 Å². The molecule has 1 aliphatic carbocycles. The molecule has 2 aromatic rings. The second-order valence-electron chi connectivity index (χ2n) is 8.37. The maximum atomic E-state index is 14.7. The molecule has 1 aliphatic heterocycles. The predicted octanol–water partition coefficient (Wildman–Crippen LogP) is 4.02. The number of halogens is 3. The molecular weight excluding hydrogens is 476 g/mol. The Hall–Kier alpha value is -1.87. The second-order valence-corrected chi connectivity index (χ2v) is 10.9. The van der Waals surface area contributed by atoms with Crippen LogP contribution < -0.4 is 9.62 Å². The van der Waals surface area contributed by atoms with E-state index in [0.717, 1.165) is 62.1 Å². The molecule has 6 nitrogen and oxygen atoms in total. The molecule has 10 heteroatoms. The summed E-state index contributed by atoms with van der Waals surface area (Å²) in [6.07, 6.45) is 2.84. The molecule has 0 atom stereocenters. The van der Waals surface area contributed by atoms with Crippen molar-refractivity contribution in [3.63, 3.8) is 0 Å². The highest BCUT2D eigenvalue weighted by Crippen LogP contribution is 2.43. The lowest BCUT2D eigenvalue weighted by atomic mass is 9.98. The Kier molecular flexibility index (Phi) is 6.68. The van der Waals surface area contributed by atoms with Crippen molar-refractivity contribution >= 4 is 44.8 Å². The van der Waals surface area contributed by atoms with Crippen molar-refractivity contribution in [2.24, 2.45) is 0 Å². The Morgan fingerprint density at radius 3 is 2.38 bits per heavy atom. The lowest BCUT2D eigenvalue weighted by Crippen LogP contribution is -2.46. The molecular formula is C22H24Cl2FN3O3S. The number of nitrogens with one attached hydrogen (secondary N) is 1. The average molecular weight is 500 g/mol. The number of carbonyl (C=O) groups is 1. The number of piperazine rings is 1. The molecule has 1 amide bonds. The fourth-order valence-corrected chi connectivity index (χ4v) is 4.77. The van der Waals surface area contributed by atoms with Crippen LogP contribution in [0.4, 0.5) is 10.1 Å². The van der Waals surface area contributed by atoms with Crippen LogP contribution in [0, 0.1) is 5.82 Å². The lowest BCUT2D eigenvalue weighted by molar-refractivity contribution is 0.0977. The van der Waals surface area contributed by atoms with Gasteiger partial charge in [-0.15, -0.1) is 0 Å². The van der Waals surface area contributed by atoms with Gasteiger partial charge in [0.2, 0.25) is 10.0 Å². The first-order valence-electron chi connectivity index (χ1n) is 10.4. The largest absolute Gasteiger partial charge is 0.369 e. The van der Waals surface area contributed by atoms with Crippen LogP contribution in [0.5, 0.6) is 0 Å². The van der Waals surface area contributed by atoms with Gasteiger partial charge in [0, 0.05) is 38.4 Å². The summed E-state index contributed by atoms with van der Waals surface area (Å²) in [5.41, 5.74) is 2.57. The Morgan fingerprint density at radius 2 is 1.78 bits per heavy atom. The SMILES string of the molecule is CS(=O)(=O)NC(=O)c1cc(C2CC2)c(CN2CCN(c3ccc(Cl)c(Cl)c3)CC2)cc1F. The van der Waals surface area contributed by atoms with E-state index >= 15 is 0 Å². The number of sulfonamides is 1. The van der Waals surface area contributed by atoms with Gasteiger partial charge in [-0.2, -0.15) is 0 Å². The van der Waals surface area contributed by atoms with Crippen LogP contribution in [0.1, 0.15) is 40.2 Å². The van der Waals surface area contributed by atoms with Crippen LogP contribution in [0.15, 0.2) is 30.3 Å². The van der Waals surface area contributed by atoms with Gasteiger partial charge < -0.3 is 4.90 Å². The zero-order valence-corrected chi connectivity index (χ0v) is 19.9. The number of nitrogens with zero attached hydrogens (tertiary/aromatic N) is 2. The number of anilines is 1. The molecule has 0 bridgehead atoms. The fourth-order valence-electron chi connectivity index (χ4n) is 4.03. The molecule has 172 valence electrons. The van der Waals surface area contributed by atoms with Crippen molar-refractivity contribution in [1.29, 1.82) is 0 Å². The van der Waals surface area contributed by atoms with Crippen LogP contribution in [-0.4, -0.2) is 51.7 Å². The van der Waals surface area contributed by atoms with E-state index in [0.29, 0.717) is 16.6 Å². The van der Waals surface area contributed by atoms with Crippen LogP contribution in [0.2, 0.25) is 10.0 Å². The third-order valence-corrected chi connectivity index (χ3v) is 7.10. The molecule has 2 fully saturated rings. The number of amides is 1. The van der Waals surface area contributed by atoms with Crippen molar-refractivity contribution in [1.82, 2.24) is 9.62 Å². The van der Waals surface area contributed by atoms with Crippen molar-refractivity contribution in [2.75, 3.05) is 37.3 Å². The molecule has 0 radical (unpaired) electrons. The van der Waals surface area contributed by atoms with Crippen LogP contribution >= 0.6 is 23.2 Å². The zero-order valence-electron chi connectivity index (χ0n) is 17.6. The normalized spacial score (nSPS) is 17.4. The van der Waals surface area contributed by atoms with E-state index in [1.807, 2.05) is 16.9 Å². The molecule has 4 rings (SSSR count). The van der Waals surface area contributed by atoms with Crippen molar-refractivity contribution < 1.29 is 17.6 Å². The van der Waals surface area contributed by atoms with Crippen LogP contribution in [0.25, 0.3) is 0 Å². The minimum absolute atomic E-state index is 0.231. The van der Waals surface area contributed by atoms with Gasteiger partial charge in [-0.05, 0) is 60.2 Å². The predicted molar refractivity (Wildman–Crippen MR) is 125 cm³/mol. The minimum atomic E-state index is -3.77. The summed E-state index contributed by atoms with van der Waals surface area (Å²) in [6.45, 7) is 3.76. The van der Waals surface area contributed by atoms with E-state index in [9.17, 15) is 17.6 Å². The molecule has 0 aromatic heterocycles. The quantitative estimate of drug-likeness (QED) is 0.649. The summed E-state index contributed by atoms with van der Waals surface area (Å²) >= 11 is 12.1. The standard InChI is InChI=1S/C22H24Cl2FN3O3S/c1-32(30,31)26-22(29)18-12-17(14-2-3-14)15(10-21(18)25)13-27-6-8-28(9-7-27)16-4-5-19(23)20(24)11-16/h4-5,10-12,14H,2-3,6-9,13H2,1H3,(H,26,29). The Balaban J connectivity index is 1.47. The van der Waals surface area contributed by atoms with Crippen molar-refractivity contribution in [3.8, 4) is 0 Å². The monoisotopic (exact) mass is 499 g/mol. The Morgan fingerprint density at radius 1 is 1.09 bits per heavy atom. The Bertz CT molecular complexity index is 1150. The lowest BCUT2D eigenvalue weighted by Gasteiger charge is -2.36. The van der Waals surface area contributed by atoms with Gasteiger partial charge in [0.05, 0.1) is 21.9 Å². The molecule has 32 heavy (non-hydrogen) atoms. The molecule has 1 saturated heterocycles. The maximum absolute atomic E-state index is 14.7. The highest BCUT2D eigenvalue weighted by atomic mass is 35.5. The van der Waals surface area contributed by atoms with Crippen LogP contribution in [0.3, 0.4) is 0 Å². The smallest absolute Gasteiger partial charge is 0.267 e. The Labute approximate surface area is 197 Å². The molecule has 0 spiro atoms. The third kappa shape index (κ3) is 5.54. The van der Waals surface area contributed by atoms with Gasteiger partial charge in [-0.3, -0.25) is 9.69 Å². The molecule has 1 N–H and O–H groups in total. The highest BCUT2D eigenvalue weighted by Gasteiger charge is 2.30. The second kappa shape index (κ2) is 9.17. The van der Waals surface area contributed by atoms with Crippen molar-refractivity contribution in [2.45, 2.75) is 25.3 Å². The van der Waals surface area contributed by atoms with E-state index in [1.54, 1.807) is 6.07 Å². The third-order valence-electron chi connectivity index (χ3n) is 5.80. The summed E-state index contributed by atoms with van der Waals surface area (Å²) in [5, 5.41) is 1.05. The minimum Gasteiger partial charge on any atom is -0.369 e. The summed E-state index contributed by atoms with van der Waals surface area (Å²) in [7, 11) is -3.77. The van der Waals surface area contributed by atoms with E-state index in [1.165, 1.54) is 12.1 Å². The first-order chi connectivity index (χ1) is 15.1. The molecule has 1 saturated carbocycles. The summed E-state index contributed by atoms with van der Waals surface area (Å²) in [6, 6.07) is 8.51. The molecule has 2 aliphatic rings. The number of rotatable bonds is 6. The number of hydrogen-bond donors (Lipinski definition) is 1. The maximum Gasteiger partial charge on any atom is 0.267 e. The summed E-state index contributed by atoms with van der Waals surface area (Å²) in [4.78, 5) is 16.7. The number of carbonyl (C=O) groups excluding carboxylic acids is 1. The zero-order chi connectivity index (χ0) is 23.0. The van der Waals surface area contributed by atoms with Gasteiger partial charge in [0.1, 0.15) is 5.82 Å². The van der Waals surface area contributed by atoms with Gasteiger partial charge in [0.15, 0.2) is 0 Å². The number of benzene rings is 2. The van der Waals surface area contributed by atoms with Gasteiger partial charge in [0.25, 0.3) is 5.91 Å². The fraction of sp³-hybridized carbons (Fsp3) is 0.409. The van der Waals surface area contributed by atoms with Crippen molar-refractivity contribution in [3.05, 3.63) is 62.9 Å². The molecule has 1 heterocycles. The van der Waals surface area contributed by atoms with Gasteiger partial charge in [-0.1, -0.05) is 23.2 Å². The first kappa shape index (κ1) is 23.3. The summed E-state index contributed by atoms with van der Waals surface area (Å²) < 4.78 is 39.3. The van der Waals surface area contributed by atoms with E-state index < -0.39 is 21.7 Å². The summed E-state index contributed by atoms with van der Waals surface area (Å²) in [5.74, 6) is -1.36. The number of hydrogen-bond acceptors (Lipinski definition) is 5. The topological polar surface area (TPSA) is 69.7 Å². The van der Waals surface area contributed by atoms with E-state index in [-0.39, 0.29) is 11.5 Å². The highest BCUT2D eigenvalue weighted by molar-refractivity contribution is 7.89. The first-order valence-corrected chi connectivity index (χ1v) is 13.0. The molecule has 2 aromatic carbocycles. The van der Waals surface area contributed by atoms with Crippen LogP contribution in [-0.2, 0) is 16.6 Å². The van der Waals surface area contributed by atoms with E-state index in [4.69, 9.17) is 23.2 Å². The molecule has 0 unspecified atom stereocenters.